The molecule has 1 heterocycles. The molecule has 0 saturated heterocycles. The summed E-state index contributed by atoms with van der Waals surface area (Å²) in [6.45, 7) is 0. The van der Waals surface area contributed by atoms with Crippen molar-refractivity contribution in [2.75, 3.05) is 5.33 Å². The molecule has 1 aromatic heterocycles. The highest BCUT2D eigenvalue weighted by Gasteiger charge is 2.45. The predicted molar refractivity (Wildman–Crippen MR) is 73.1 cm³/mol. The lowest BCUT2D eigenvalue weighted by Gasteiger charge is -2.12. The van der Waals surface area contributed by atoms with Gasteiger partial charge in [0.1, 0.15) is 4.21 Å². The lowest BCUT2D eigenvalue weighted by Crippen LogP contribution is -2.37. The number of hydrogen-bond acceptors (Lipinski definition) is 3. The van der Waals surface area contributed by atoms with Gasteiger partial charge in [-0.1, -0.05) is 27.5 Å². The van der Waals surface area contributed by atoms with Gasteiger partial charge in [-0.05, 0) is 34.8 Å². The monoisotopic (exact) mass is 407 g/mol. The van der Waals surface area contributed by atoms with Crippen molar-refractivity contribution < 1.29 is 8.42 Å². The summed E-state index contributed by atoms with van der Waals surface area (Å²) in [7, 11) is -3.45. The summed E-state index contributed by atoms with van der Waals surface area (Å²) in [5.41, 5.74) is -0.290. The summed E-state index contributed by atoms with van der Waals surface area (Å²) < 4.78 is 27.6. The third-order valence-electron chi connectivity index (χ3n) is 2.35. The van der Waals surface area contributed by atoms with Crippen molar-refractivity contribution in [1.82, 2.24) is 4.72 Å². The number of sulfonamides is 1. The first kappa shape index (κ1) is 13.3. The van der Waals surface area contributed by atoms with Gasteiger partial charge in [0.15, 0.2) is 0 Å². The van der Waals surface area contributed by atoms with Crippen LogP contribution in [-0.4, -0.2) is 19.3 Å². The van der Waals surface area contributed by atoms with Crippen LogP contribution >= 0.6 is 54.8 Å². The fourth-order valence-electron chi connectivity index (χ4n) is 1.21. The molecule has 1 saturated carbocycles. The van der Waals surface area contributed by atoms with E-state index < -0.39 is 10.0 Å². The average Bonchev–Trinajstić information content (AvgIpc) is 2.88. The standard InChI is InChI=1S/C8H8Br2ClNO2S2/c9-4-8(1-2-8)12-16(13,14)6-3-5(11)7(10)15-6/h3,12H,1-2,4H2. The molecule has 0 spiro atoms. The molecule has 0 aliphatic heterocycles. The second-order valence-electron chi connectivity index (χ2n) is 3.71. The minimum atomic E-state index is -3.45. The van der Waals surface area contributed by atoms with E-state index in [2.05, 4.69) is 36.6 Å². The zero-order valence-electron chi connectivity index (χ0n) is 7.97. The predicted octanol–water partition coefficient (Wildman–Crippen LogP) is 3.37. The fraction of sp³-hybridized carbons (Fsp3) is 0.500. The molecule has 1 aliphatic carbocycles. The Balaban J connectivity index is 2.26. The largest absolute Gasteiger partial charge is 0.250 e. The maximum Gasteiger partial charge on any atom is 0.250 e. The van der Waals surface area contributed by atoms with Crippen LogP contribution in [0.2, 0.25) is 5.02 Å². The minimum Gasteiger partial charge on any atom is -0.206 e. The summed E-state index contributed by atoms with van der Waals surface area (Å²) >= 11 is 13.5. The molecule has 8 heteroatoms. The maximum absolute atomic E-state index is 12.0. The van der Waals surface area contributed by atoms with Crippen LogP contribution in [0.5, 0.6) is 0 Å². The Morgan fingerprint density at radius 2 is 2.19 bits per heavy atom. The van der Waals surface area contributed by atoms with Crippen LogP contribution < -0.4 is 4.72 Å². The van der Waals surface area contributed by atoms with E-state index in [4.69, 9.17) is 11.6 Å². The molecular formula is C8H8Br2ClNO2S2. The summed E-state index contributed by atoms with van der Waals surface area (Å²) in [5, 5.41) is 1.06. The van der Waals surface area contributed by atoms with Crippen molar-refractivity contribution >= 4 is 64.8 Å². The Hall–Kier alpha value is 0.860. The molecule has 0 amide bonds. The Kier molecular flexibility index (Phi) is 3.75. The first-order chi connectivity index (χ1) is 7.38. The average molecular weight is 410 g/mol. The van der Waals surface area contributed by atoms with Crippen molar-refractivity contribution in [3.8, 4) is 0 Å². The Morgan fingerprint density at radius 1 is 1.56 bits per heavy atom. The number of alkyl halides is 1. The summed E-state index contributed by atoms with van der Waals surface area (Å²) in [5.74, 6) is 0. The number of thiophene rings is 1. The van der Waals surface area contributed by atoms with E-state index >= 15 is 0 Å². The third kappa shape index (κ3) is 2.64. The van der Waals surface area contributed by atoms with E-state index in [0.717, 1.165) is 24.2 Å². The topological polar surface area (TPSA) is 46.2 Å². The van der Waals surface area contributed by atoms with Crippen LogP contribution in [0.15, 0.2) is 14.1 Å². The second kappa shape index (κ2) is 4.51. The van der Waals surface area contributed by atoms with Crippen molar-refractivity contribution in [2.24, 2.45) is 0 Å². The number of hydrogen-bond donors (Lipinski definition) is 1. The van der Waals surface area contributed by atoms with Crippen LogP contribution in [0, 0.1) is 0 Å². The molecule has 1 aromatic rings. The van der Waals surface area contributed by atoms with Gasteiger partial charge in [0.05, 0.1) is 8.81 Å². The van der Waals surface area contributed by atoms with Crippen LogP contribution in [0.3, 0.4) is 0 Å². The molecule has 0 unspecified atom stereocenters. The molecule has 90 valence electrons. The molecule has 0 aromatic carbocycles. The Bertz CT molecular complexity index is 491. The van der Waals surface area contributed by atoms with Crippen LogP contribution in [-0.2, 0) is 10.0 Å². The molecular weight excluding hydrogens is 401 g/mol. The SMILES string of the molecule is O=S(=O)(NC1(CBr)CC1)c1cc(Cl)c(Br)s1. The van der Waals surface area contributed by atoms with Gasteiger partial charge in [0, 0.05) is 10.9 Å². The Labute approximate surface area is 120 Å². The molecule has 1 aliphatic rings. The molecule has 0 bridgehead atoms. The maximum atomic E-state index is 12.0. The van der Waals surface area contributed by atoms with Gasteiger partial charge in [0.25, 0.3) is 10.0 Å². The van der Waals surface area contributed by atoms with Gasteiger partial charge < -0.3 is 0 Å². The summed E-state index contributed by atoms with van der Waals surface area (Å²) in [6.07, 6.45) is 1.75. The van der Waals surface area contributed by atoms with Gasteiger partial charge in [-0.15, -0.1) is 11.3 Å². The molecule has 2 rings (SSSR count). The van der Waals surface area contributed by atoms with E-state index in [1.807, 2.05) is 0 Å². The van der Waals surface area contributed by atoms with Crippen molar-refractivity contribution in [2.45, 2.75) is 22.6 Å². The first-order valence-electron chi connectivity index (χ1n) is 4.43. The zero-order chi connectivity index (χ0) is 12.0. The van der Waals surface area contributed by atoms with Crippen LogP contribution in [0.1, 0.15) is 12.8 Å². The van der Waals surface area contributed by atoms with Crippen molar-refractivity contribution in [3.63, 3.8) is 0 Å². The van der Waals surface area contributed by atoms with Crippen LogP contribution in [0.25, 0.3) is 0 Å². The van der Waals surface area contributed by atoms with Gasteiger partial charge in [-0.3, -0.25) is 0 Å². The van der Waals surface area contributed by atoms with Crippen LogP contribution in [0.4, 0.5) is 0 Å². The van der Waals surface area contributed by atoms with E-state index in [1.165, 1.54) is 6.07 Å². The molecule has 0 radical (unpaired) electrons. The van der Waals surface area contributed by atoms with E-state index in [1.54, 1.807) is 0 Å². The van der Waals surface area contributed by atoms with E-state index in [9.17, 15) is 8.42 Å². The number of halogens is 3. The first-order valence-corrected chi connectivity index (χ1v) is 9.03. The van der Waals surface area contributed by atoms with E-state index in [-0.39, 0.29) is 9.75 Å². The summed E-state index contributed by atoms with van der Waals surface area (Å²) in [4.78, 5) is 0. The molecule has 0 atom stereocenters. The minimum absolute atomic E-state index is 0.247. The van der Waals surface area contributed by atoms with Gasteiger partial charge in [-0.2, -0.15) is 0 Å². The lowest BCUT2D eigenvalue weighted by atomic mass is 10.4. The molecule has 1 fully saturated rings. The molecule has 1 N–H and O–H groups in total. The lowest BCUT2D eigenvalue weighted by molar-refractivity contribution is 0.563. The third-order valence-corrected chi connectivity index (χ3v) is 7.95. The van der Waals surface area contributed by atoms with E-state index in [0.29, 0.717) is 14.1 Å². The fourth-order valence-corrected chi connectivity index (χ4v) is 5.95. The van der Waals surface area contributed by atoms with Gasteiger partial charge in [0.2, 0.25) is 0 Å². The smallest absolute Gasteiger partial charge is 0.206 e. The Morgan fingerprint density at radius 3 is 2.56 bits per heavy atom. The van der Waals surface area contributed by atoms with Gasteiger partial charge in [-0.25, -0.2) is 13.1 Å². The highest BCUT2D eigenvalue weighted by molar-refractivity contribution is 9.11. The highest BCUT2D eigenvalue weighted by atomic mass is 79.9. The second-order valence-corrected chi connectivity index (χ2v) is 8.95. The molecule has 3 nitrogen and oxygen atoms in total. The van der Waals surface area contributed by atoms with Gasteiger partial charge >= 0.3 is 0 Å². The van der Waals surface area contributed by atoms with Crippen molar-refractivity contribution in [1.29, 1.82) is 0 Å². The number of nitrogens with one attached hydrogen (secondary N) is 1. The quantitative estimate of drug-likeness (QED) is 0.775. The highest BCUT2D eigenvalue weighted by Crippen LogP contribution is 2.40. The zero-order valence-corrected chi connectivity index (χ0v) is 13.5. The molecule has 16 heavy (non-hydrogen) atoms. The number of rotatable bonds is 4. The normalized spacial score (nSPS) is 18.7. The van der Waals surface area contributed by atoms with Crippen molar-refractivity contribution in [3.05, 3.63) is 14.9 Å². The summed E-state index contributed by atoms with van der Waals surface area (Å²) in [6, 6.07) is 1.46.